The number of aliphatic hydroxyl groups excluding tert-OH is 3. The van der Waals surface area contributed by atoms with Gasteiger partial charge < -0.3 is 15.3 Å². The highest BCUT2D eigenvalue weighted by atomic mass is 32.3. The van der Waals surface area contributed by atoms with Crippen molar-refractivity contribution in [3.63, 3.8) is 0 Å². The minimum absolute atomic E-state index is 0.0379. The Hall–Kier alpha value is 1.90. The van der Waals surface area contributed by atoms with Gasteiger partial charge in [0.25, 0.3) is 0 Å². The monoisotopic (exact) mass is 488 g/mol. The van der Waals surface area contributed by atoms with Gasteiger partial charge in [-0.3, -0.25) is 0 Å². The number of hydrogen-bond donors (Lipinski definition) is 3. The average molecular weight is 489 g/mol. The molecule has 3 nitrogen and oxygen atoms in total. The molecule has 4 aliphatic heterocycles. The van der Waals surface area contributed by atoms with E-state index in [1.165, 1.54) is 25.4 Å². The minimum atomic E-state index is -0.377. The summed E-state index contributed by atoms with van der Waals surface area (Å²) in [6, 6.07) is 0. The van der Waals surface area contributed by atoms with E-state index in [0.29, 0.717) is 5.25 Å². The molecule has 0 aromatic rings. The molecule has 138 valence electrons. The van der Waals surface area contributed by atoms with E-state index in [9.17, 15) is 15.3 Å². The highest BCUT2D eigenvalue weighted by Gasteiger charge is 2.38. The first-order valence-electron chi connectivity index (χ1n) is 7.48. The standard InChI is InChI=1S/C14H16O3S8/c15-1-7-2-18-10-11(21-7)25-13(24-10)12-22-8-9(23-12)20-6-14(3-16,4-17)5-19-8/h7,15-17H,1-6H2/t7-/m0/s1. The van der Waals surface area contributed by atoms with Crippen molar-refractivity contribution in [3.8, 4) is 0 Å². The predicted molar refractivity (Wildman–Crippen MR) is 124 cm³/mol. The molecule has 4 aliphatic rings. The van der Waals surface area contributed by atoms with Gasteiger partial charge in [-0.2, -0.15) is 0 Å². The van der Waals surface area contributed by atoms with Crippen LogP contribution in [0.2, 0.25) is 0 Å². The summed E-state index contributed by atoms with van der Waals surface area (Å²) in [6.07, 6.45) is 0. The summed E-state index contributed by atoms with van der Waals surface area (Å²) in [6.45, 7) is 0.321. The fraction of sp³-hybridized carbons (Fsp3) is 0.571. The lowest BCUT2D eigenvalue weighted by molar-refractivity contribution is 0.0935. The van der Waals surface area contributed by atoms with Gasteiger partial charge in [0.2, 0.25) is 0 Å². The van der Waals surface area contributed by atoms with Gasteiger partial charge in [-0.1, -0.05) is 47.0 Å². The van der Waals surface area contributed by atoms with Crippen molar-refractivity contribution in [2.75, 3.05) is 37.1 Å². The van der Waals surface area contributed by atoms with Crippen molar-refractivity contribution < 1.29 is 15.3 Å². The zero-order chi connectivity index (χ0) is 17.4. The van der Waals surface area contributed by atoms with Crippen LogP contribution in [0.4, 0.5) is 0 Å². The van der Waals surface area contributed by atoms with Crippen LogP contribution in [0.15, 0.2) is 25.4 Å². The molecule has 3 N–H and O–H groups in total. The summed E-state index contributed by atoms with van der Waals surface area (Å²) in [5, 5.41) is 29.0. The summed E-state index contributed by atoms with van der Waals surface area (Å²) < 4.78 is 8.11. The summed E-state index contributed by atoms with van der Waals surface area (Å²) >= 11 is 14.7. The van der Waals surface area contributed by atoms with Gasteiger partial charge in [-0.05, 0) is 0 Å². The fourth-order valence-electron chi connectivity index (χ4n) is 2.20. The largest absolute Gasteiger partial charge is 0.396 e. The Bertz CT molecular complexity index is 630. The SMILES string of the molecule is OC[C@H]1CSC2=C(SC(=C3SC4=C(SCC(CO)(CO)CS4)S3)S2)S1. The van der Waals surface area contributed by atoms with E-state index < -0.39 is 0 Å². The van der Waals surface area contributed by atoms with E-state index in [4.69, 9.17) is 0 Å². The molecule has 0 bridgehead atoms. The van der Waals surface area contributed by atoms with Gasteiger partial charge in [-0.25, -0.2) is 0 Å². The molecule has 1 atom stereocenters. The molecular weight excluding hydrogens is 473 g/mol. The second-order valence-corrected chi connectivity index (χ2v) is 15.7. The summed E-state index contributed by atoms with van der Waals surface area (Å²) in [5.41, 5.74) is -0.377. The molecule has 0 spiro atoms. The number of rotatable bonds is 3. The number of thioether (sulfide) groups is 8. The van der Waals surface area contributed by atoms with Crippen molar-refractivity contribution in [2.24, 2.45) is 5.41 Å². The normalized spacial score (nSPS) is 29.2. The highest BCUT2D eigenvalue weighted by Crippen LogP contribution is 2.68. The molecule has 0 radical (unpaired) electrons. The summed E-state index contributed by atoms with van der Waals surface area (Å²) in [5.74, 6) is 2.52. The summed E-state index contributed by atoms with van der Waals surface area (Å²) in [4.78, 5) is 0. The van der Waals surface area contributed by atoms with Gasteiger partial charge in [0.1, 0.15) is 0 Å². The highest BCUT2D eigenvalue weighted by molar-refractivity contribution is 8.45. The topological polar surface area (TPSA) is 60.7 Å². The van der Waals surface area contributed by atoms with Crippen molar-refractivity contribution >= 4 is 94.1 Å². The van der Waals surface area contributed by atoms with Gasteiger partial charge >= 0.3 is 0 Å². The van der Waals surface area contributed by atoms with Crippen LogP contribution in [0, 0.1) is 5.41 Å². The zero-order valence-electron chi connectivity index (χ0n) is 12.9. The van der Waals surface area contributed by atoms with Gasteiger partial charge in [0.05, 0.1) is 45.2 Å². The Morgan fingerprint density at radius 3 is 1.76 bits per heavy atom. The van der Waals surface area contributed by atoms with Crippen LogP contribution in [0.1, 0.15) is 0 Å². The Morgan fingerprint density at radius 1 is 0.720 bits per heavy atom. The maximum absolute atomic E-state index is 9.65. The Labute approximate surface area is 181 Å². The van der Waals surface area contributed by atoms with E-state index in [1.807, 2.05) is 70.6 Å². The van der Waals surface area contributed by atoms with Gasteiger partial charge in [0.15, 0.2) is 0 Å². The molecular formula is C14H16O3S8. The molecule has 11 heteroatoms. The Morgan fingerprint density at radius 2 is 1.24 bits per heavy atom. The molecule has 0 aromatic carbocycles. The lowest BCUT2D eigenvalue weighted by atomic mass is 9.96. The predicted octanol–water partition coefficient (Wildman–Crippen LogP) is 4.62. The molecule has 4 rings (SSSR count). The van der Waals surface area contributed by atoms with Gasteiger partial charge in [0, 0.05) is 27.9 Å². The second-order valence-electron chi connectivity index (χ2n) is 5.76. The first kappa shape index (κ1) is 20.2. The molecule has 25 heavy (non-hydrogen) atoms. The van der Waals surface area contributed by atoms with Crippen LogP contribution in [-0.4, -0.2) is 57.6 Å². The Kier molecular flexibility index (Phi) is 7.04. The third kappa shape index (κ3) is 4.26. The van der Waals surface area contributed by atoms with Crippen LogP contribution >= 0.6 is 94.1 Å². The average Bonchev–Trinajstić information content (AvgIpc) is 3.21. The fourth-order valence-corrected chi connectivity index (χ4v) is 15.0. The second kappa shape index (κ2) is 8.73. The van der Waals surface area contributed by atoms with Crippen molar-refractivity contribution in [1.29, 1.82) is 0 Å². The third-order valence-electron chi connectivity index (χ3n) is 3.81. The molecule has 0 saturated heterocycles. The lowest BCUT2D eigenvalue weighted by Gasteiger charge is -2.27. The van der Waals surface area contributed by atoms with Gasteiger partial charge in [-0.15, -0.1) is 47.0 Å². The number of aliphatic hydroxyl groups is 3. The maximum Gasteiger partial charge on any atom is 0.0717 e. The minimum Gasteiger partial charge on any atom is -0.396 e. The van der Waals surface area contributed by atoms with Crippen LogP contribution in [0.25, 0.3) is 0 Å². The van der Waals surface area contributed by atoms with Crippen molar-refractivity contribution in [3.05, 3.63) is 25.4 Å². The maximum atomic E-state index is 9.65. The molecule has 0 fully saturated rings. The van der Waals surface area contributed by atoms with E-state index in [-0.39, 0.29) is 25.2 Å². The van der Waals surface area contributed by atoms with E-state index in [2.05, 4.69) is 0 Å². The van der Waals surface area contributed by atoms with Crippen LogP contribution in [0.5, 0.6) is 0 Å². The Balaban J connectivity index is 1.43. The van der Waals surface area contributed by atoms with E-state index in [0.717, 1.165) is 17.3 Å². The van der Waals surface area contributed by atoms with E-state index in [1.54, 1.807) is 23.5 Å². The first-order chi connectivity index (χ1) is 12.2. The van der Waals surface area contributed by atoms with Crippen LogP contribution < -0.4 is 0 Å². The molecule has 4 heterocycles. The first-order valence-corrected chi connectivity index (χ1v) is 14.6. The van der Waals surface area contributed by atoms with Crippen molar-refractivity contribution in [1.82, 2.24) is 0 Å². The molecule has 0 unspecified atom stereocenters. The zero-order valence-corrected chi connectivity index (χ0v) is 19.5. The number of hydrogen-bond acceptors (Lipinski definition) is 11. The quantitative estimate of drug-likeness (QED) is 0.521. The third-order valence-corrected chi connectivity index (χ3v) is 16.6. The summed E-state index contributed by atoms with van der Waals surface area (Å²) in [7, 11) is 0. The molecule has 0 aromatic heterocycles. The molecule has 0 saturated carbocycles. The smallest absolute Gasteiger partial charge is 0.0717 e. The molecule has 0 aliphatic carbocycles. The van der Waals surface area contributed by atoms with Crippen LogP contribution in [-0.2, 0) is 0 Å². The molecule has 0 amide bonds. The lowest BCUT2D eigenvalue weighted by Crippen LogP contribution is -2.34. The van der Waals surface area contributed by atoms with E-state index >= 15 is 0 Å². The van der Waals surface area contributed by atoms with Crippen molar-refractivity contribution in [2.45, 2.75) is 5.25 Å². The van der Waals surface area contributed by atoms with Crippen LogP contribution in [0.3, 0.4) is 0 Å².